The lowest BCUT2D eigenvalue weighted by Crippen LogP contribution is -2.11. The molecule has 0 aliphatic carbocycles. The van der Waals surface area contributed by atoms with E-state index in [1.54, 1.807) is 5.06 Å². The van der Waals surface area contributed by atoms with Crippen molar-refractivity contribution in [3.63, 3.8) is 0 Å². The Morgan fingerprint density at radius 2 is 2.10 bits per heavy atom. The van der Waals surface area contributed by atoms with E-state index in [0.717, 1.165) is 6.42 Å². The van der Waals surface area contributed by atoms with Gasteiger partial charge in [-0.05, 0) is 6.42 Å². The number of hydrogen-bond acceptors (Lipinski definition) is 2. The molecule has 0 aromatic carbocycles. The third-order valence-electron chi connectivity index (χ3n) is 0.898. The summed E-state index contributed by atoms with van der Waals surface area (Å²) in [4.78, 5) is 5.10. The summed E-state index contributed by atoms with van der Waals surface area (Å²) in [6.07, 6.45) is 6.77. The van der Waals surface area contributed by atoms with Gasteiger partial charge in [0, 0.05) is 14.1 Å². The predicted molar refractivity (Wildman–Crippen MR) is 43.6 cm³/mol. The highest BCUT2D eigenvalue weighted by molar-refractivity contribution is 4.87. The minimum Gasteiger partial charge on any atom is -0.295 e. The minimum absolute atomic E-state index is 0.640. The number of hydroxylamine groups is 2. The van der Waals surface area contributed by atoms with Gasteiger partial charge in [-0.25, -0.2) is 0 Å². The zero-order chi connectivity index (χ0) is 7.82. The average Bonchev–Trinajstić information content (AvgIpc) is 1.87. The number of nitrogens with zero attached hydrogens (tertiary/aromatic N) is 1. The van der Waals surface area contributed by atoms with Crippen LogP contribution in [0, 0.1) is 0 Å². The van der Waals surface area contributed by atoms with Gasteiger partial charge in [0.1, 0.15) is 0 Å². The van der Waals surface area contributed by atoms with E-state index in [0.29, 0.717) is 6.61 Å². The Bertz CT molecular complexity index is 108. The number of hydrogen-bond donors (Lipinski definition) is 0. The first-order valence-electron chi connectivity index (χ1n) is 3.33. The second-order valence-corrected chi connectivity index (χ2v) is 2.10. The molecule has 0 aromatic rings. The van der Waals surface area contributed by atoms with Crippen LogP contribution in [-0.4, -0.2) is 25.8 Å². The van der Waals surface area contributed by atoms with Crippen molar-refractivity contribution in [2.24, 2.45) is 0 Å². The molecule has 0 fully saturated rings. The van der Waals surface area contributed by atoms with Gasteiger partial charge in [0.25, 0.3) is 0 Å². The minimum atomic E-state index is 0.640. The fourth-order valence-corrected chi connectivity index (χ4v) is 0.453. The Kier molecular flexibility index (Phi) is 6.13. The molecule has 0 N–H and O–H groups in total. The van der Waals surface area contributed by atoms with Crippen molar-refractivity contribution in [2.45, 2.75) is 6.42 Å². The molecule has 0 radical (unpaired) electrons. The summed E-state index contributed by atoms with van der Waals surface area (Å²) in [5.41, 5.74) is 0. The van der Waals surface area contributed by atoms with E-state index >= 15 is 0 Å². The second-order valence-electron chi connectivity index (χ2n) is 2.10. The largest absolute Gasteiger partial charge is 0.295 e. The normalized spacial score (nSPS) is 11.1. The summed E-state index contributed by atoms with van der Waals surface area (Å²) in [6.45, 7) is 4.23. The van der Waals surface area contributed by atoms with Crippen molar-refractivity contribution in [1.82, 2.24) is 5.06 Å². The lowest BCUT2D eigenvalue weighted by Gasteiger charge is -2.06. The van der Waals surface area contributed by atoms with Gasteiger partial charge in [0.15, 0.2) is 0 Å². The molecule has 0 aliphatic heterocycles. The van der Waals surface area contributed by atoms with E-state index in [-0.39, 0.29) is 0 Å². The third kappa shape index (κ3) is 7.40. The standard InChI is InChI=1S/C8H15NO/c1-4-5-6-7-8-10-9(2)3/h4,6-7H,1,5,8H2,2-3H3/b7-6+. The monoisotopic (exact) mass is 141 g/mol. The molecule has 0 saturated heterocycles. The zero-order valence-electron chi connectivity index (χ0n) is 6.71. The summed E-state index contributed by atoms with van der Waals surface area (Å²) in [5, 5.41) is 1.68. The first kappa shape index (κ1) is 9.40. The van der Waals surface area contributed by atoms with Gasteiger partial charge >= 0.3 is 0 Å². The maximum absolute atomic E-state index is 5.10. The Morgan fingerprint density at radius 1 is 1.40 bits per heavy atom. The lowest BCUT2D eigenvalue weighted by atomic mass is 10.4. The molecular weight excluding hydrogens is 126 g/mol. The molecule has 2 heteroatoms. The van der Waals surface area contributed by atoms with E-state index in [2.05, 4.69) is 6.58 Å². The number of rotatable bonds is 5. The molecular formula is C8H15NO. The van der Waals surface area contributed by atoms with Crippen LogP contribution in [0.5, 0.6) is 0 Å². The van der Waals surface area contributed by atoms with Gasteiger partial charge in [-0.1, -0.05) is 18.2 Å². The number of allylic oxidation sites excluding steroid dienone is 2. The first-order valence-corrected chi connectivity index (χ1v) is 3.33. The molecule has 0 heterocycles. The van der Waals surface area contributed by atoms with Crippen molar-refractivity contribution in [3.8, 4) is 0 Å². The van der Waals surface area contributed by atoms with Crippen LogP contribution in [0.4, 0.5) is 0 Å². The van der Waals surface area contributed by atoms with Gasteiger partial charge in [0.05, 0.1) is 6.61 Å². The molecule has 0 unspecified atom stereocenters. The summed E-state index contributed by atoms with van der Waals surface area (Å²) < 4.78 is 0. The van der Waals surface area contributed by atoms with E-state index in [9.17, 15) is 0 Å². The van der Waals surface area contributed by atoms with Crippen LogP contribution in [0.3, 0.4) is 0 Å². The molecule has 0 aromatic heterocycles. The maximum Gasteiger partial charge on any atom is 0.0866 e. The van der Waals surface area contributed by atoms with E-state index < -0.39 is 0 Å². The quantitative estimate of drug-likeness (QED) is 0.426. The Labute approximate surface area is 62.7 Å². The van der Waals surface area contributed by atoms with Crippen LogP contribution in [0.1, 0.15) is 6.42 Å². The fraction of sp³-hybridized carbons (Fsp3) is 0.500. The van der Waals surface area contributed by atoms with Crippen LogP contribution in [0.2, 0.25) is 0 Å². The Morgan fingerprint density at radius 3 is 2.60 bits per heavy atom. The first-order chi connectivity index (χ1) is 4.77. The van der Waals surface area contributed by atoms with Gasteiger partial charge in [0.2, 0.25) is 0 Å². The lowest BCUT2D eigenvalue weighted by molar-refractivity contribution is -0.106. The molecule has 0 spiro atoms. The predicted octanol–water partition coefficient (Wildman–Crippen LogP) is 1.61. The van der Waals surface area contributed by atoms with Crippen molar-refractivity contribution in [3.05, 3.63) is 24.8 Å². The van der Waals surface area contributed by atoms with Gasteiger partial charge in [-0.15, -0.1) is 6.58 Å². The molecule has 10 heavy (non-hydrogen) atoms. The summed E-state index contributed by atoms with van der Waals surface area (Å²) in [6, 6.07) is 0. The zero-order valence-corrected chi connectivity index (χ0v) is 6.71. The molecule has 0 atom stereocenters. The molecule has 0 aliphatic rings. The highest BCUT2D eigenvalue weighted by Crippen LogP contribution is 1.84. The van der Waals surface area contributed by atoms with E-state index in [1.807, 2.05) is 32.3 Å². The Hall–Kier alpha value is -0.600. The molecule has 58 valence electrons. The van der Waals surface area contributed by atoms with Crippen molar-refractivity contribution >= 4 is 0 Å². The molecule has 2 nitrogen and oxygen atoms in total. The summed E-state index contributed by atoms with van der Waals surface area (Å²) in [5.74, 6) is 0. The topological polar surface area (TPSA) is 12.5 Å². The van der Waals surface area contributed by atoms with Crippen LogP contribution < -0.4 is 0 Å². The fourth-order valence-electron chi connectivity index (χ4n) is 0.453. The molecule has 0 amide bonds. The molecule has 0 saturated carbocycles. The van der Waals surface area contributed by atoms with Gasteiger partial charge in [-0.3, -0.25) is 4.84 Å². The average molecular weight is 141 g/mol. The van der Waals surface area contributed by atoms with E-state index in [1.165, 1.54) is 0 Å². The van der Waals surface area contributed by atoms with E-state index in [4.69, 9.17) is 4.84 Å². The summed E-state index contributed by atoms with van der Waals surface area (Å²) in [7, 11) is 3.72. The van der Waals surface area contributed by atoms with Crippen LogP contribution in [0.15, 0.2) is 24.8 Å². The van der Waals surface area contributed by atoms with Crippen molar-refractivity contribution in [2.75, 3.05) is 20.7 Å². The van der Waals surface area contributed by atoms with Gasteiger partial charge < -0.3 is 0 Å². The van der Waals surface area contributed by atoms with Crippen LogP contribution in [-0.2, 0) is 4.84 Å². The highest BCUT2D eigenvalue weighted by Gasteiger charge is 1.82. The SMILES string of the molecule is C=CC/C=C/CON(C)C. The maximum atomic E-state index is 5.10. The van der Waals surface area contributed by atoms with Crippen molar-refractivity contribution < 1.29 is 4.84 Å². The molecule has 0 rings (SSSR count). The van der Waals surface area contributed by atoms with Crippen LogP contribution >= 0.6 is 0 Å². The smallest absolute Gasteiger partial charge is 0.0866 e. The summed E-state index contributed by atoms with van der Waals surface area (Å²) >= 11 is 0. The third-order valence-corrected chi connectivity index (χ3v) is 0.898. The Balaban J connectivity index is 3.09. The molecule has 0 bridgehead atoms. The van der Waals surface area contributed by atoms with Crippen molar-refractivity contribution in [1.29, 1.82) is 0 Å². The van der Waals surface area contributed by atoms with Gasteiger partial charge in [-0.2, -0.15) is 5.06 Å². The highest BCUT2D eigenvalue weighted by atomic mass is 16.7. The van der Waals surface area contributed by atoms with Crippen LogP contribution in [0.25, 0.3) is 0 Å². The second kappa shape index (κ2) is 6.52.